The first-order chi connectivity index (χ1) is 11.7. The van der Waals surface area contributed by atoms with Gasteiger partial charge in [-0.2, -0.15) is 8.42 Å². The quantitative estimate of drug-likeness (QED) is 0.334. The molecule has 2 aromatic rings. The van der Waals surface area contributed by atoms with E-state index in [0.29, 0.717) is 18.5 Å². The zero-order valence-electron chi connectivity index (χ0n) is 14.0. The highest BCUT2D eigenvalue weighted by Crippen LogP contribution is 2.24. The Bertz CT molecular complexity index is 822. The average molecular weight is 364 g/mol. The van der Waals surface area contributed by atoms with E-state index in [0.717, 1.165) is 11.8 Å². The summed E-state index contributed by atoms with van der Waals surface area (Å²) in [5.41, 5.74) is 0.415. The lowest BCUT2D eigenvalue weighted by atomic mass is 10.0. The Labute approximate surface area is 146 Å². The van der Waals surface area contributed by atoms with Crippen LogP contribution in [0.25, 0.3) is 0 Å². The summed E-state index contributed by atoms with van der Waals surface area (Å²) in [6.45, 7) is 2.08. The molecule has 0 unspecified atom stereocenters. The fraction of sp³-hybridized carbons (Fsp3) is 0.294. The Kier molecular flexibility index (Phi) is 5.89. The summed E-state index contributed by atoms with van der Waals surface area (Å²) in [5, 5.41) is 13.8. The second kappa shape index (κ2) is 7.73. The Morgan fingerprint density at radius 1 is 1.12 bits per heavy atom. The average Bonchev–Trinajstić information content (AvgIpc) is 2.54. The number of nitro benzene ring substituents is 1. The monoisotopic (exact) mass is 364 g/mol. The van der Waals surface area contributed by atoms with E-state index in [1.54, 1.807) is 43.3 Å². The molecule has 0 bridgehead atoms. The topological polar surface area (TPSA) is 98.5 Å². The SMILES string of the molecule is C[C@@](NCCc1ccc([N+](=O)[O-])cc1)(OS(C)(=O)=O)c1ccccc1. The summed E-state index contributed by atoms with van der Waals surface area (Å²) in [6.07, 6.45) is 1.57. The van der Waals surface area contributed by atoms with Gasteiger partial charge in [0.15, 0.2) is 5.72 Å². The van der Waals surface area contributed by atoms with E-state index in [9.17, 15) is 18.5 Å². The second-order valence-electron chi connectivity index (χ2n) is 5.79. The molecule has 0 aliphatic rings. The van der Waals surface area contributed by atoms with Crippen molar-refractivity contribution in [2.75, 3.05) is 12.8 Å². The normalized spacial score (nSPS) is 14.0. The van der Waals surface area contributed by atoms with Gasteiger partial charge in [0.05, 0.1) is 11.2 Å². The van der Waals surface area contributed by atoms with Crippen LogP contribution in [0.4, 0.5) is 5.69 Å². The molecule has 2 rings (SSSR count). The first-order valence-electron chi connectivity index (χ1n) is 7.64. The zero-order chi connectivity index (χ0) is 18.5. The molecule has 0 radical (unpaired) electrons. The number of nitro groups is 1. The number of nitrogens with zero attached hydrogens (tertiary/aromatic N) is 1. The molecule has 0 saturated heterocycles. The fourth-order valence-electron chi connectivity index (χ4n) is 2.47. The number of hydrogen-bond donors (Lipinski definition) is 1. The van der Waals surface area contributed by atoms with Crippen LogP contribution in [0, 0.1) is 10.1 Å². The van der Waals surface area contributed by atoms with Crippen molar-refractivity contribution in [2.45, 2.75) is 19.1 Å². The summed E-state index contributed by atoms with van der Waals surface area (Å²) < 4.78 is 28.5. The highest BCUT2D eigenvalue weighted by molar-refractivity contribution is 7.86. The summed E-state index contributed by atoms with van der Waals surface area (Å²) in [7, 11) is -3.68. The molecule has 0 saturated carbocycles. The maximum Gasteiger partial charge on any atom is 0.269 e. The molecule has 1 N–H and O–H groups in total. The van der Waals surface area contributed by atoms with Crippen LogP contribution in [0.1, 0.15) is 18.1 Å². The van der Waals surface area contributed by atoms with Gasteiger partial charge in [-0.15, -0.1) is 0 Å². The van der Waals surface area contributed by atoms with Crippen molar-refractivity contribution >= 4 is 15.8 Å². The molecule has 0 aliphatic heterocycles. The Morgan fingerprint density at radius 3 is 2.24 bits per heavy atom. The Morgan fingerprint density at radius 2 is 1.72 bits per heavy atom. The van der Waals surface area contributed by atoms with E-state index >= 15 is 0 Å². The van der Waals surface area contributed by atoms with Gasteiger partial charge < -0.3 is 0 Å². The molecule has 0 aromatic heterocycles. The summed E-state index contributed by atoms with van der Waals surface area (Å²) in [4.78, 5) is 10.2. The maximum atomic E-state index is 11.6. The van der Waals surface area contributed by atoms with Gasteiger partial charge in [0.1, 0.15) is 0 Å². The molecular formula is C17H20N2O5S. The van der Waals surface area contributed by atoms with E-state index < -0.39 is 20.8 Å². The molecule has 0 amide bonds. The first-order valence-corrected chi connectivity index (χ1v) is 9.46. The van der Waals surface area contributed by atoms with Crippen LogP contribution >= 0.6 is 0 Å². The first kappa shape index (κ1) is 19.0. The van der Waals surface area contributed by atoms with Crippen LogP contribution in [-0.4, -0.2) is 26.1 Å². The van der Waals surface area contributed by atoms with Gasteiger partial charge in [0.2, 0.25) is 0 Å². The number of rotatable bonds is 8. The molecule has 0 fully saturated rings. The van der Waals surface area contributed by atoms with E-state index in [1.165, 1.54) is 12.1 Å². The number of hydrogen-bond acceptors (Lipinski definition) is 6. The smallest absolute Gasteiger partial charge is 0.269 e. The van der Waals surface area contributed by atoms with Crippen LogP contribution in [0.5, 0.6) is 0 Å². The highest BCUT2D eigenvalue weighted by Gasteiger charge is 2.31. The van der Waals surface area contributed by atoms with Gasteiger partial charge >= 0.3 is 0 Å². The predicted octanol–water partition coefficient (Wildman–Crippen LogP) is 2.58. The molecule has 0 aliphatic carbocycles. The molecule has 0 heterocycles. The van der Waals surface area contributed by atoms with Crippen molar-refractivity contribution in [3.8, 4) is 0 Å². The van der Waals surface area contributed by atoms with Crippen LogP contribution < -0.4 is 5.32 Å². The fourth-order valence-corrected chi connectivity index (χ4v) is 3.23. The van der Waals surface area contributed by atoms with Gasteiger partial charge in [-0.05, 0) is 24.5 Å². The van der Waals surface area contributed by atoms with Gasteiger partial charge in [-0.1, -0.05) is 42.5 Å². The van der Waals surface area contributed by atoms with Crippen LogP contribution in [-0.2, 0) is 26.4 Å². The lowest BCUT2D eigenvalue weighted by Crippen LogP contribution is -2.44. The van der Waals surface area contributed by atoms with E-state index in [2.05, 4.69) is 5.32 Å². The Balaban J connectivity index is 2.08. The number of benzene rings is 2. The summed E-state index contributed by atoms with van der Waals surface area (Å²) in [5.74, 6) is 0. The summed E-state index contributed by atoms with van der Waals surface area (Å²) in [6, 6.07) is 15.2. The largest absolute Gasteiger partial charge is 0.284 e. The summed E-state index contributed by atoms with van der Waals surface area (Å²) >= 11 is 0. The molecule has 25 heavy (non-hydrogen) atoms. The molecule has 134 valence electrons. The van der Waals surface area contributed by atoms with Crippen molar-refractivity contribution in [1.29, 1.82) is 0 Å². The van der Waals surface area contributed by atoms with E-state index in [1.807, 2.05) is 6.07 Å². The lowest BCUT2D eigenvalue weighted by Gasteiger charge is -2.30. The van der Waals surface area contributed by atoms with Crippen LogP contribution in [0.15, 0.2) is 54.6 Å². The molecule has 0 spiro atoms. The molecule has 2 aromatic carbocycles. The molecule has 1 atom stereocenters. The van der Waals surface area contributed by atoms with Crippen molar-refractivity contribution in [2.24, 2.45) is 0 Å². The van der Waals surface area contributed by atoms with Crippen molar-refractivity contribution in [1.82, 2.24) is 5.32 Å². The van der Waals surface area contributed by atoms with E-state index in [-0.39, 0.29) is 5.69 Å². The van der Waals surface area contributed by atoms with Crippen LogP contribution in [0.2, 0.25) is 0 Å². The van der Waals surface area contributed by atoms with Gasteiger partial charge in [-0.25, -0.2) is 4.18 Å². The van der Waals surface area contributed by atoms with Gasteiger partial charge in [-0.3, -0.25) is 15.4 Å². The van der Waals surface area contributed by atoms with Gasteiger partial charge in [0.25, 0.3) is 15.8 Å². The minimum atomic E-state index is -3.68. The molecular weight excluding hydrogens is 344 g/mol. The lowest BCUT2D eigenvalue weighted by molar-refractivity contribution is -0.384. The van der Waals surface area contributed by atoms with Crippen molar-refractivity contribution in [3.05, 3.63) is 75.8 Å². The van der Waals surface area contributed by atoms with Crippen molar-refractivity contribution < 1.29 is 17.5 Å². The third kappa shape index (κ3) is 5.63. The number of nitrogens with one attached hydrogen (secondary N) is 1. The zero-order valence-corrected chi connectivity index (χ0v) is 14.8. The standard InChI is InChI=1S/C17H20N2O5S/c1-17(24-25(2,22)23,15-6-4-3-5-7-15)18-13-12-14-8-10-16(11-9-14)19(20)21/h3-11,18H,12-13H2,1-2H3/t17-/m1/s1. The highest BCUT2D eigenvalue weighted by atomic mass is 32.2. The van der Waals surface area contributed by atoms with Crippen molar-refractivity contribution in [3.63, 3.8) is 0 Å². The predicted molar refractivity (Wildman–Crippen MR) is 94.5 cm³/mol. The number of non-ortho nitro benzene ring substituents is 1. The van der Waals surface area contributed by atoms with Crippen LogP contribution in [0.3, 0.4) is 0 Å². The van der Waals surface area contributed by atoms with Gasteiger partial charge in [0, 0.05) is 18.7 Å². The Hall–Kier alpha value is -2.29. The molecule has 7 nitrogen and oxygen atoms in total. The minimum absolute atomic E-state index is 0.0336. The second-order valence-corrected chi connectivity index (χ2v) is 7.36. The third-order valence-corrected chi connectivity index (χ3v) is 4.30. The minimum Gasteiger partial charge on any atom is -0.284 e. The third-order valence-electron chi connectivity index (χ3n) is 3.67. The van der Waals surface area contributed by atoms with E-state index in [4.69, 9.17) is 4.18 Å². The maximum absolute atomic E-state index is 11.6. The molecule has 8 heteroatoms.